The molecule has 0 unspecified atom stereocenters. The van der Waals surface area contributed by atoms with Crippen molar-refractivity contribution in [1.82, 2.24) is 14.8 Å². The Bertz CT molecular complexity index is 749. The minimum Gasteiger partial charge on any atom is -0.237 e. The van der Waals surface area contributed by atoms with Crippen LogP contribution in [0.5, 0.6) is 0 Å². The summed E-state index contributed by atoms with van der Waals surface area (Å²) in [6, 6.07) is 8.06. The van der Waals surface area contributed by atoms with Crippen LogP contribution in [0.2, 0.25) is 0 Å². The zero-order valence-corrected chi connectivity index (χ0v) is 12.9. The van der Waals surface area contributed by atoms with E-state index in [0.717, 1.165) is 15.4 Å². The van der Waals surface area contributed by atoms with Gasteiger partial charge in [-0.2, -0.15) is 5.10 Å². The first-order valence-electron chi connectivity index (χ1n) is 5.74. The first-order chi connectivity index (χ1) is 9.33. The van der Waals surface area contributed by atoms with Crippen LogP contribution >= 0.6 is 39.0 Å². The number of hydrogen-bond acceptors (Lipinski definition) is 4. The predicted molar refractivity (Wildman–Crippen MR) is 81.9 cm³/mol. The molecule has 0 fully saturated rings. The van der Waals surface area contributed by atoms with Crippen molar-refractivity contribution >= 4 is 39.0 Å². The summed E-state index contributed by atoms with van der Waals surface area (Å²) in [7, 11) is 0. The lowest BCUT2D eigenvalue weighted by Gasteiger charge is -2.13. The van der Waals surface area contributed by atoms with Gasteiger partial charge in [0.15, 0.2) is 5.82 Å². The van der Waals surface area contributed by atoms with Gasteiger partial charge in [-0.15, -0.1) is 23.1 Å². The lowest BCUT2D eigenvalue weighted by atomic mass is 10.1. The second-order valence-electron chi connectivity index (χ2n) is 4.16. The fourth-order valence-electron chi connectivity index (χ4n) is 2.19. The van der Waals surface area contributed by atoms with Crippen LogP contribution in [0.25, 0.3) is 17.1 Å². The van der Waals surface area contributed by atoms with E-state index in [0.29, 0.717) is 0 Å². The summed E-state index contributed by atoms with van der Waals surface area (Å²) in [5.41, 5.74) is 3.70. The number of thiophene rings is 1. The molecule has 94 valence electrons. The van der Waals surface area contributed by atoms with Gasteiger partial charge < -0.3 is 0 Å². The summed E-state index contributed by atoms with van der Waals surface area (Å²) in [4.78, 5) is 4.39. The SMILES string of the molecule is Brc1cc2c(s1)SCc1cnn(-c3ccccn3)c1-2. The van der Waals surface area contributed by atoms with Gasteiger partial charge >= 0.3 is 0 Å². The molecule has 0 aliphatic carbocycles. The molecule has 6 heteroatoms. The summed E-state index contributed by atoms with van der Waals surface area (Å²) in [6.07, 6.45) is 3.75. The third-order valence-corrected chi connectivity index (χ3v) is 5.97. The molecule has 19 heavy (non-hydrogen) atoms. The van der Waals surface area contributed by atoms with Gasteiger partial charge in [-0.3, -0.25) is 0 Å². The Hall–Kier alpha value is -1.11. The van der Waals surface area contributed by atoms with Gasteiger partial charge in [0, 0.05) is 23.1 Å². The maximum atomic E-state index is 4.51. The van der Waals surface area contributed by atoms with Gasteiger partial charge in [-0.25, -0.2) is 9.67 Å². The van der Waals surface area contributed by atoms with Crippen LogP contribution in [-0.2, 0) is 5.75 Å². The van der Waals surface area contributed by atoms with Gasteiger partial charge in [-0.05, 0) is 34.1 Å². The first kappa shape index (κ1) is 11.7. The molecule has 1 aliphatic heterocycles. The Balaban J connectivity index is 1.97. The van der Waals surface area contributed by atoms with Gasteiger partial charge in [0.05, 0.1) is 19.9 Å². The normalized spacial score (nSPS) is 13.1. The molecule has 0 bridgehead atoms. The summed E-state index contributed by atoms with van der Waals surface area (Å²) < 4.78 is 4.44. The Morgan fingerprint density at radius 3 is 3.11 bits per heavy atom. The monoisotopic (exact) mass is 349 g/mol. The highest BCUT2D eigenvalue weighted by Gasteiger charge is 2.24. The highest BCUT2D eigenvalue weighted by Crippen LogP contribution is 2.47. The molecule has 0 saturated carbocycles. The van der Waals surface area contributed by atoms with Gasteiger partial charge in [0.1, 0.15) is 0 Å². The van der Waals surface area contributed by atoms with E-state index in [9.17, 15) is 0 Å². The molecule has 0 saturated heterocycles. The van der Waals surface area contributed by atoms with Crippen LogP contribution < -0.4 is 0 Å². The topological polar surface area (TPSA) is 30.7 Å². The Morgan fingerprint density at radius 1 is 1.32 bits per heavy atom. The quantitative estimate of drug-likeness (QED) is 0.653. The maximum Gasteiger partial charge on any atom is 0.153 e. The molecule has 3 aromatic heterocycles. The molecular formula is C13H8BrN3S2. The molecule has 4 heterocycles. The van der Waals surface area contributed by atoms with E-state index in [1.165, 1.54) is 21.0 Å². The average molecular weight is 350 g/mol. The molecule has 0 spiro atoms. The van der Waals surface area contributed by atoms with E-state index in [1.807, 2.05) is 40.8 Å². The van der Waals surface area contributed by atoms with Crippen molar-refractivity contribution in [1.29, 1.82) is 0 Å². The Morgan fingerprint density at radius 2 is 2.26 bits per heavy atom. The van der Waals surface area contributed by atoms with Crippen molar-refractivity contribution < 1.29 is 0 Å². The number of thioether (sulfide) groups is 1. The fourth-order valence-corrected chi connectivity index (χ4v) is 5.33. The second kappa shape index (κ2) is 4.47. The van der Waals surface area contributed by atoms with Gasteiger partial charge in [-0.1, -0.05) is 6.07 Å². The van der Waals surface area contributed by atoms with Crippen molar-refractivity contribution in [2.24, 2.45) is 0 Å². The van der Waals surface area contributed by atoms with Crippen molar-refractivity contribution in [3.05, 3.63) is 46.0 Å². The molecule has 0 N–H and O–H groups in total. The van der Waals surface area contributed by atoms with Crippen LogP contribution in [0.4, 0.5) is 0 Å². The van der Waals surface area contributed by atoms with Gasteiger partial charge in [0.25, 0.3) is 0 Å². The van der Waals surface area contributed by atoms with E-state index in [2.05, 4.69) is 32.1 Å². The van der Waals surface area contributed by atoms with E-state index < -0.39 is 0 Å². The van der Waals surface area contributed by atoms with Crippen molar-refractivity contribution in [2.45, 2.75) is 9.96 Å². The number of halogens is 1. The molecule has 0 atom stereocenters. The zero-order valence-electron chi connectivity index (χ0n) is 9.71. The lowest BCUT2D eigenvalue weighted by molar-refractivity contribution is 0.853. The van der Waals surface area contributed by atoms with Crippen LogP contribution in [0.15, 0.2) is 44.7 Å². The van der Waals surface area contributed by atoms with Crippen LogP contribution in [0.1, 0.15) is 5.56 Å². The first-order valence-corrected chi connectivity index (χ1v) is 8.33. The standard InChI is InChI=1S/C13H8BrN3S2/c14-10-5-9-12-8(7-18-13(9)19-10)6-16-17(12)11-3-1-2-4-15-11/h1-6H,7H2. The summed E-state index contributed by atoms with van der Waals surface area (Å²) in [5, 5.41) is 4.51. The van der Waals surface area contributed by atoms with Crippen molar-refractivity contribution in [3.63, 3.8) is 0 Å². The predicted octanol–water partition coefficient (Wildman–Crippen LogP) is 4.36. The highest BCUT2D eigenvalue weighted by atomic mass is 79.9. The van der Waals surface area contributed by atoms with E-state index in [4.69, 9.17) is 0 Å². The largest absolute Gasteiger partial charge is 0.237 e. The molecule has 0 radical (unpaired) electrons. The highest BCUT2D eigenvalue weighted by molar-refractivity contribution is 9.11. The zero-order chi connectivity index (χ0) is 12.8. The van der Waals surface area contributed by atoms with Gasteiger partial charge in [0.2, 0.25) is 0 Å². The summed E-state index contributed by atoms with van der Waals surface area (Å²) in [5.74, 6) is 1.84. The minimum atomic E-state index is 0.865. The number of fused-ring (bicyclic) bond motifs is 3. The van der Waals surface area contributed by atoms with Crippen LogP contribution in [0, 0.1) is 0 Å². The number of aromatic nitrogens is 3. The second-order valence-corrected chi connectivity index (χ2v) is 7.83. The number of rotatable bonds is 1. The van der Waals surface area contributed by atoms with E-state index >= 15 is 0 Å². The maximum absolute atomic E-state index is 4.51. The van der Waals surface area contributed by atoms with Crippen molar-refractivity contribution in [2.75, 3.05) is 0 Å². The third kappa shape index (κ3) is 1.86. The molecule has 0 aromatic carbocycles. The molecular weight excluding hydrogens is 342 g/mol. The third-order valence-electron chi connectivity index (χ3n) is 2.99. The fraction of sp³-hybridized carbons (Fsp3) is 0.0769. The van der Waals surface area contributed by atoms with E-state index in [1.54, 1.807) is 17.5 Å². The Kier molecular flexibility index (Phi) is 2.75. The van der Waals surface area contributed by atoms with Crippen LogP contribution in [0.3, 0.4) is 0 Å². The lowest BCUT2D eigenvalue weighted by Crippen LogP contribution is -2.03. The number of hydrogen-bond donors (Lipinski definition) is 0. The smallest absolute Gasteiger partial charge is 0.153 e. The summed E-state index contributed by atoms with van der Waals surface area (Å²) >= 11 is 7.23. The Labute approximate surface area is 126 Å². The molecule has 3 nitrogen and oxygen atoms in total. The molecule has 4 rings (SSSR count). The van der Waals surface area contributed by atoms with Crippen LogP contribution in [-0.4, -0.2) is 14.8 Å². The molecule has 0 amide bonds. The minimum absolute atomic E-state index is 0.865. The summed E-state index contributed by atoms with van der Waals surface area (Å²) in [6.45, 7) is 0. The average Bonchev–Trinajstić information content (AvgIpc) is 3.01. The van der Waals surface area contributed by atoms with E-state index in [-0.39, 0.29) is 0 Å². The molecule has 3 aromatic rings. The number of pyridine rings is 1. The molecule has 1 aliphatic rings. The number of nitrogens with zero attached hydrogens (tertiary/aromatic N) is 3. The van der Waals surface area contributed by atoms with Crippen molar-refractivity contribution in [3.8, 4) is 17.1 Å².